The first kappa shape index (κ1) is 32.9. The Kier molecular flexibility index (Phi) is 19.5. The lowest BCUT2D eigenvalue weighted by atomic mass is 9.62. The van der Waals surface area contributed by atoms with Gasteiger partial charge in [-0.05, 0) is 49.9 Å². The first-order valence-electron chi connectivity index (χ1n) is 14.8. The molecular formula is C30H58O4. The fourth-order valence-corrected chi connectivity index (χ4v) is 5.85. The van der Waals surface area contributed by atoms with Crippen molar-refractivity contribution in [1.29, 1.82) is 0 Å². The Morgan fingerprint density at radius 3 is 1.68 bits per heavy atom. The SMILES string of the molecule is CCCCC(CC)CC(CCCCCCCCC(=O)O)C(CC)(CC(CC)CCCC)C(=O)O. The molecule has 0 aromatic heterocycles. The third kappa shape index (κ3) is 13.1. The Bertz CT molecular complexity index is 518. The Morgan fingerprint density at radius 1 is 0.676 bits per heavy atom. The van der Waals surface area contributed by atoms with Gasteiger partial charge in [0.2, 0.25) is 0 Å². The molecule has 0 amide bonds. The number of carboxylic acid groups (broad SMARTS) is 2. The highest BCUT2D eigenvalue weighted by Crippen LogP contribution is 2.46. The van der Waals surface area contributed by atoms with Gasteiger partial charge in [0.25, 0.3) is 0 Å². The fraction of sp³-hybridized carbons (Fsp3) is 0.933. The molecule has 0 aromatic rings. The van der Waals surface area contributed by atoms with E-state index >= 15 is 0 Å². The molecular weight excluding hydrogens is 424 g/mol. The molecule has 0 aliphatic rings. The van der Waals surface area contributed by atoms with E-state index in [9.17, 15) is 14.7 Å². The predicted molar refractivity (Wildman–Crippen MR) is 144 cm³/mol. The van der Waals surface area contributed by atoms with Crippen molar-refractivity contribution < 1.29 is 19.8 Å². The Morgan fingerprint density at radius 2 is 1.21 bits per heavy atom. The van der Waals surface area contributed by atoms with E-state index in [0.29, 0.717) is 11.8 Å². The number of carboxylic acids is 2. The van der Waals surface area contributed by atoms with Crippen molar-refractivity contribution in [3.63, 3.8) is 0 Å². The lowest BCUT2D eigenvalue weighted by Crippen LogP contribution is -2.41. The molecule has 0 spiro atoms. The predicted octanol–water partition coefficient (Wildman–Crippen LogP) is 9.50. The molecule has 34 heavy (non-hydrogen) atoms. The second kappa shape index (κ2) is 20.2. The molecule has 4 heteroatoms. The van der Waals surface area contributed by atoms with Crippen LogP contribution >= 0.6 is 0 Å². The van der Waals surface area contributed by atoms with Crippen LogP contribution in [-0.2, 0) is 9.59 Å². The van der Waals surface area contributed by atoms with Crippen molar-refractivity contribution in [2.45, 2.75) is 157 Å². The summed E-state index contributed by atoms with van der Waals surface area (Å²) in [6.45, 7) is 11.1. The zero-order chi connectivity index (χ0) is 25.8. The maximum absolute atomic E-state index is 12.9. The lowest BCUT2D eigenvalue weighted by Gasteiger charge is -2.41. The van der Waals surface area contributed by atoms with Crippen LogP contribution in [0.3, 0.4) is 0 Å². The van der Waals surface area contributed by atoms with E-state index in [1.807, 2.05) is 0 Å². The quantitative estimate of drug-likeness (QED) is 0.134. The monoisotopic (exact) mass is 482 g/mol. The molecule has 2 N–H and O–H groups in total. The van der Waals surface area contributed by atoms with Crippen molar-refractivity contribution in [2.24, 2.45) is 23.2 Å². The van der Waals surface area contributed by atoms with Gasteiger partial charge in [0.15, 0.2) is 0 Å². The van der Waals surface area contributed by atoms with Crippen LogP contribution < -0.4 is 0 Å². The molecule has 0 aliphatic carbocycles. The van der Waals surface area contributed by atoms with Crippen LogP contribution in [0.2, 0.25) is 0 Å². The van der Waals surface area contributed by atoms with Crippen molar-refractivity contribution in [1.82, 2.24) is 0 Å². The second-order valence-electron chi connectivity index (χ2n) is 10.8. The Labute approximate surface area is 211 Å². The molecule has 4 unspecified atom stereocenters. The van der Waals surface area contributed by atoms with Gasteiger partial charge in [0.05, 0.1) is 5.41 Å². The van der Waals surface area contributed by atoms with Crippen LogP contribution in [0.25, 0.3) is 0 Å². The lowest BCUT2D eigenvalue weighted by molar-refractivity contribution is -0.156. The molecule has 0 aromatic carbocycles. The molecule has 0 heterocycles. The van der Waals surface area contributed by atoms with Crippen LogP contribution in [0.4, 0.5) is 0 Å². The molecule has 0 saturated heterocycles. The van der Waals surface area contributed by atoms with Gasteiger partial charge >= 0.3 is 11.9 Å². The Balaban J connectivity index is 5.36. The van der Waals surface area contributed by atoms with Crippen LogP contribution in [0, 0.1) is 23.2 Å². The maximum Gasteiger partial charge on any atom is 0.309 e. The molecule has 4 nitrogen and oxygen atoms in total. The minimum atomic E-state index is -0.703. The summed E-state index contributed by atoms with van der Waals surface area (Å²) in [5.41, 5.74) is -0.602. The molecule has 202 valence electrons. The number of rotatable bonds is 24. The molecule has 0 rings (SSSR count). The van der Waals surface area contributed by atoms with Crippen molar-refractivity contribution in [3.05, 3.63) is 0 Å². The number of hydrogen-bond acceptors (Lipinski definition) is 2. The van der Waals surface area contributed by atoms with Gasteiger partial charge in [-0.2, -0.15) is 0 Å². The fourth-order valence-electron chi connectivity index (χ4n) is 5.85. The van der Waals surface area contributed by atoms with Gasteiger partial charge < -0.3 is 10.2 Å². The topological polar surface area (TPSA) is 74.6 Å². The minimum absolute atomic E-state index is 0.250. The zero-order valence-electron chi connectivity index (χ0n) is 23.4. The van der Waals surface area contributed by atoms with Crippen molar-refractivity contribution >= 4 is 11.9 Å². The first-order chi connectivity index (χ1) is 16.3. The van der Waals surface area contributed by atoms with E-state index in [0.717, 1.165) is 83.5 Å². The third-order valence-electron chi connectivity index (χ3n) is 8.39. The number of carbonyl (C=O) groups is 2. The third-order valence-corrected chi connectivity index (χ3v) is 8.39. The molecule has 0 fully saturated rings. The van der Waals surface area contributed by atoms with Gasteiger partial charge in [-0.25, -0.2) is 0 Å². The summed E-state index contributed by atoms with van der Waals surface area (Å²) in [7, 11) is 0. The van der Waals surface area contributed by atoms with Crippen molar-refractivity contribution in [3.8, 4) is 0 Å². The summed E-state index contributed by atoms with van der Waals surface area (Å²) >= 11 is 0. The average Bonchev–Trinajstić information content (AvgIpc) is 2.82. The number of hydrogen-bond donors (Lipinski definition) is 2. The first-order valence-corrected chi connectivity index (χ1v) is 14.8. The van der Waals surface area contributed by atoms with E-state index in [1.54, 1.807) is 0 Å². The number of aliphatic carboxylic acids is 2. The normalized spacial score (nSPS) is 16.0. The van der Waals surface area contributed by atoms with E-state index in [1.165, 1.54) is 32.1 Å². The van der Waals surface area contributed by atoms with Gasteiger partial charge in [0, 0.05) is 6.42 Å². The van der Waals surface area contributed by atoms with E-state index < -0.39 is 17.4 Å². The minimum Gasteiger partial charge on any atom is -0.481 e. The summed E-state index contributed by atoms with van der Waals surface area (Å²) in [6.07, 6.45) is 19.5. The standard InChI is InChI=1S/C30H58O4/c1-6-11-19-25(8-3)23-27(21-17-15-13-14-16-18-22-28(31)32)30(10-5,29(33)34)24-26(9-4)20-12-7-2/h25-27H,6-24H2,1-5H3,(H,31,32)(H,33,34). The summed E-state index contributed by atoms with van der Waals surface area (Å²) in [5.74, 6) is 0.115. The average molecular weight is 483 g/mol. The summed E-state index contributed by atoms with van der Waals surface area (Å²) in [6, 6.07) is 0. The maximum atomic E-state index is 12.9. The summed E-state index contributed by atoms with van der Waals surface area (Å²) in [5, 5.41) is 19.4. The smallest absolute Gasteiger partial charge is 0.309 e. The molecule has 0 bridgehead atoms. The summed E-state index contributed by atoms with van der Waals surface area (Å²) in [4.78, 5) is 23.6. The van der Waals surface area contributed by atoms with Gasteiger partial charge in [-0.15, -0.1) is 0 Å². The van der Waals surface area contributed by atoms with E-state index in [2.05, 4.69) is 34.6 Å². The molecule has 0 saturated carbocycles. The van der Waals surface area contributed by atoms with Crippen LogP contribution in [-0.4, -0.2) is 22.2 Å². The Hall–Kier alpha value is -1.06. The van der Waals surface area contributed by atoms with E-state index in [-0.39, 0.29) is 12.3 Å². The molecule has 0 radical (unpaired) electrons. The highest BCUT2D eigenvalue weighted by atomic mass is 16.4. The van der Waals surface area contributed by atoms with E-state index in [4.69, 9.17) is 5.11 Å². The summed E-state index contributed by atoms with van der Waals surface area (Å²) < 4.78 is 0. The second-order valence-corrected chi connectivity index (χ2v) is 10.8. The largest absolute Gasteiger partial charge is 0.481 e. The highest BCUT2D eigenvalue weighted by molar-refractivity contribution is 5.75. The van der Waals surface area contributed by atoms with Crippen molar-refractivity contribution in [2.75, 3.05) is 0 Å². The van der Waals surface area contributed by atoms with Crippen LogP contribution in [0.15, 0.2) is 0 Å². The highest BCUT2D eigenvalue weighted by Gasteiger charge is 2.45. The number of unbranched alkanes of at least 4 members (excludes halogenated alkanes) is 7. The van der Waals surface area contributed by atoms with Crippen LogP contribution in [0.5, 0.6) is 0 Å². The van der Waals surface area contributed by atoms with Gasteiger partial charge in [-0.3, -0.25) is 9.59 Å². The molecule has 4 atom stereocenters. The van der Waals surface area contributed by atoms with Gasteiger partial charge in [0.1, 0.15) is 0 Å². The van der Waals surface area contributed by atoms with Gasteiger partial charge in [-0.1, -0.05) is 118 Å². The molecule has 0 aliphatic heterocycles. The zero-order valence-corrected chi connectivity index (χ0v) is 23.4. The van der Waals surface area contributed by atoms with Crippen LogP contribution in [0.1, 0.15) is 157 Å².